The van der Waals surface area contributed by atoms with Crippen LogP contribution in [0.5, 0.6) is 0 Å². The summed E-state index contributed by atoms with van der Waals surface area (Å²) in [6.45, 7) is 8.76. The van der Waals surface area contributed by atoms with Gasteiger partial charge in [-0.3, -0.25) is 0 Å². The van der Waals surface area contributed by atoms with Crippen LogP contribution in [0.4, 0.5) is 0 Å². The molecule has 4 aromatic heterocycles. The van der Waals surface area contributed by atoms with Gasteiger partial charge >= 0.3 is 0 Å². The van der Waals surface area contributed by atoms with Gasteiger partial charge in [-0.15, -0.1) is 0 Å². The van der Waals surface area contributed by atoms with Crippen molar-refractivity contribution < 1.29 is 0 Å². The molecular formula is C66H60Cl4N4. The molecule has 8 heteroatoms. The van der Waals surface area contributed by atoms with Crippen LogP contribution < -0.4 is 0 Å². The van der Waals surface area contributed by atoms with Crippen LogP contribution in [0.15, 0.2) is 170 Å². The van der Waals surface area contributed by atoms with Gasteiger partial charge in [-0.05, 0) is 158 Å². The van der Waals surface area contributed by atoms with Crippen LogP contribution in [-0.2, 0) is 25.7 Å². The summed E-state index contributed by atoms with van der Waals surface area (Å²) in [5, 5.41) is 1.96. The molecule has 0 N–H and O–H groups in total. The summed E-state index contributed by atoms with van der Waals surface area (Å²) in [6, 6.07) is 48.1. The van der Waals surface area contributed by atoms with E-state index in [4.69, 9.17) is 46.4 Å². The molecule has 8 aromatic rings. The second-order valence-electron chi connectivity index (χ2n) is 16.9. The minimum absolute atomic E-state index is 0.489. The number of pyridine rings is 4. The highest BCUT2D eigenvalue weighted by molar-refractivity contribution is 6.30. The van der Waals surface area contributed by atoms with Crippen LogP contribution >= 0.6 is 46.4 Å². The number of unbranched alkanes of at least 4 members (excludes halogenated alkanes) is 3. The summed E-state index contributed by atoms with van der Waals surface area (Å²) in [5.41, 5.74) is 13.0. The Bertz CT molecular complexity index is 3140. The molecule has 0 atom stereocenters. The lowest BCUT2D eigenvalue weighted by molar-refractivity contribution is 0.717. The summed E-state index contributed by atoms with van der Waals surface area (Å²) < 4.78 is 0. The lowest BCUT2D eigenvalue weighted by Crippen LogP contribution is -1.85. The van der Waals surface area contributed by atoms with Crippen LogP contribution in [0, 0.1) is 47.4 Å². The Hall–Kier alpha value is -7.12. The first-order chi connectivity index (χ1) is 36.1. The maximum absolute atomic E-state index is 5.74. The van der Waals surface area contributed by atoms with E-state index in [1.807, 2.05) is 36.4 Å². The van der Waals surface area contributed by atoms with Gasteiger partial charge in [0.2, 0.25) is 0 Å². The number of nitrogens with zero attached hydrogens (tertiary/aromatic N) is 4. The highest BCUT2D eigenvalue weighted by Crippen LogP contribution is 2.13. The molecule has 4 aromatic carbocycles. The second kappa shape index (κ2) is 33.6. The molecule has 0 amide bonds. The van der Waals surface area contributed by atoms with E-state index in [0.717, 1.165) is 70.2 Å². The van der Waals surface area contributed by atoms with Gasteiger partial charge in [-0.2, -0.15) is 0 Å². The number of hydrogen-bond donors (Lipinski definition) is 0. The van der Waals surface area contributed by atoms with E-state index in [2.05, 4.69) is 180 Å². The first-order valence-corrected chi connectivity index (χ1v) is 26.5. The third-order valence-corrected chi connectivity index (χ3v) is 11.9. The van der Waals surface area contributed by atoms with Gasteiger partial charge < -0.3 is 0 Å². The van der Waals surface area contributed by atoms with Crippen molar-refractivity contribution in [2.75, 3.05) is 0 Å². The van der Waals surface area contributed by atoms with Crippen molar-refractivity contribution >= 4 is 46.4 Å². The largest absolute Gasteiger partial charge is 0.243 e. The molecule has 74 heavy (non-hydrogen) atoms. The fraction of sp³-hybridized carbons (Fsp3) is 0.212. The fourth-order valence-corrected chi connectivity index (χ4v) is 7.16. The van der Waals surface area contributed by atoms with Gasteiger partial charge in [0.1, 0.15) is 20.6 Å². The van der Waals surface area contributed by atoms with Crippen LogP contribution in [0.2, 0.25) is 20.6 Å². The smallest absolute Gasteiger partial charge is 0.129 e. The summed E-state index contributed by atoms with van der Waals surface area (Å²) in [7, 11) is 0. The first kappa shape index (κ1) is 57.8. The summed E-state index contributed by atoms with van der Waals surface area (Å²) in [4.78, 5) is 16.0. The molecule has 0 fully saturated rings. The van der Waals surface area contributed by atoms with E-state index in [1.165, 1.54) is 60.8 Å². The maximum atomic E-state index is 5.74. The number of aryl methyl sites for hydroxylation is 4. The number of rotatable bonds is 10. The van der Waals surface area contributed by atoms with Gasteiger partial charge in [0.05, 0.1) is 0 Å². The molecule has 4 heterocycles. The Morgan fingerprint density at radius 2 is 0.527 bits per heavy atom. The van der Waals surface area contributed by atoms with Gasteiger partial charge in [0.15, 0.2) is 0 Å². The zero-order valence-electron chi connectivity index (χ0n) is 42.5. The Morgan fingerprint density at radius 1 is 0.270 bits per heavy atom. The molecule has 0 aliphatic rings. The van der Waals surface area contributed by atoms with Gasteiger partial charge in [0.25, 0.3) is 0 Å². The molecule has 0 unspecified atom stereocenters. The molecule has 0 radical (unpaired) electrons. The molecule has 4 nitrogen and oxygen atoms in total. The SMILES string of the molecule is CCCCCc1ccc(C#Cc2ccc(Cl)nc2)cc1.CCCCc1ccc(C#Cc2ccc(Cl)nc2)cc1.CCCc1ccc(C#Cc2ccc(Cl)nc2)cc1.CCc1ccc(C#Cc2ccc(Cl)nc2)cc1. The number of halogens is 4. The van der Waals surface area contributed by atoms with Crippen molar-refractivity contribution in [3.8, 4) is 47.4 Å². The van der Waals surface area contributed by atoms with E-state index >= 15 is 0 Å². The molecule has 8 rings (SSSR count). The molecule has 0 saturated heterocycles. The average Bonchev–Trinajstić information content (AvgIpc) is 3.44. The zero-order chi connectivity index (χ0) is 52.6. The lowest BCUT2D eigenvalue weighted by Gasteiger charge is -2.00. The molecule has 0 saturated carbocycles. The molecular weight excluding hydrogens is 991 g/mol. The van der Waals surface area contributed by atoms with Crippen molar-refractivity contribution in [3.63, 3.8) is 0 Å². The fourth-order valence-electron chi connectivity index (χ4n) is 6.71. The predicted molar refractivity (Wildman–Crippen MR) is 312 cm³/mol. The topological polar surface area (TPSA) is 51.6 Å². The first-order valence-electron chi connectivity index (χ1n) is 25.0. The highest BCUT2D eigenvalue weighted by atomic mass is 35.5. The van der Waals surface area contributed by atoms with Crippen LogP contribution in [-0.4, -0.2) is 19.9 Å². The molecule has 0 bridgehead atoms. The van der Waals surface area contributed by atoms with Gasteiger partial charge in [0, 0.05) is 69.3 Å². The van der Waals surface area contributed by atoms with E-state index in [0.29, 0.717) is 20.6 Å². The molecule has 0 spiro atoms. The standard InChI is InChI=1S/C18H18ClN.C17H16ClN.C16H14ClN.C15H12ClN/c1-2-3-4-5-15-6-8-16(9-7-15)10-11-17-12-13-18(19)20-14-17;1-2-3-4-14-5-7-15(8-6-14)9-10-16-11-12-17(18)19-13-16;1-2-3-13-4-6-14(7-5-13)8-9-15-10-11-16(17)18-12-15;1-2-12-3-5-13(6-4-12)7-8-14-9-10-15(16)17-11-14/h6-9,12-14H,2-5H2,1H3;5-8,11-13H,2-4H2,1H3;4-7,10-12H,2-3H2,1H3;3-6,9-11H,2H2,1H3. The van der Waals surface area contributed by atoms with Crippen LogP contribution in [0.25, 0.3) is 0 Å². The normalized spacial score (nSPS) is 9.73. The average molecular weight is 1050 g/mol. The molecule has 372 valence electrons. The third kappa shape index (κ3) is 23.2. The Kier molecular flexibility index (Phi) is 26.2. The summed E-state index contributed by atoms with van der Waals surface area (Å²) in [6.07, 6.45) is 18.7. The van der Waals surface area contributed by atoms with Crippen molar-refractivity contribution in [1.29, 1.82) is 0 Å². The zero-order valence-corrected chi connectivity index (χ0v) is 45.6. The lowest BCUT2D eigenvalue weighted by atomic mass is 10.1. The minimum atomic E-state index is 0.489. The summed E-state index contributed by atoms with van der Waals surface area (Å²) in [5.74, 6) is 24.8. The quantitative estimate of drug-likeness (QED) is 0.0778. The van der Waals surface area contributed by atoms with E-state index in [9.17, 15) is 0 Å². The van der Waals surface area contributed by atoms with Crippen molar-refractivity contribution in [3.05, 3.63) is 258 Å². The maximum Gasteiger partial charge on any atom is 0.129 e. The Balaban J connectivity index is 0.000000183. The summed E-state index contributed by atoms with van der Waals surface area (Å²) >= 11 is 22.9. The predicted octanol–water partition coefficient (Wildman–Crippen LogP) is 17.1. The van der Waals surface area contributed by atoms with Crippen molar-refractivity contribution in [1.82, 2.24) is 19.9 Å². The third-order valence-electron chi connectivity index (χ3n) is 11.0. The van der Waals surface area contributed by atoms with E-state index in [1.54, 1.807) is 49.1 Å². The van der Waals surface area contributed by atoms with Crippen molar-refractivity contribution in [2.24, 2.45) is 0 Å². The number of aromatic nitrogens is 4. The second-order valence-corrected chi connectivity index (χ2v) is 18.5. The van der Waals surface area contributed by atoms with Gasteiger partial charge in [-0.1, -0.05) is 196 Å². The number of benzene rings is 4. The Labute approximate surface area is 460 Å². The van der Waals surface area contributed by atoms with E-state index < -0.39 is 0 Å². The molecule has 0 aliphatic heterocycles. The van der Waals surface area contributed by atoms with E-state index in [-0.39, 0.29) is 0 Å². The van der Waals surface area contributed by atoms with Crippen LogP contribution in [0.3, 0.4) is 0 Å². The Morgan fingerprint density at radius 3 is 0.784 bits per heavy atom. The van der Waals surface area contributed by atoms with Crippen LogP contribution in [0.1, 0.15) is 133 Å². The highest BCUT2D eigenvalue weighted by Gasteiger charge is 1.97. The van der Waals surface area contributed by atoms with Gasteiger partial charge in [-0.25, -0.2) is 19.9 Å². The number of hydrogen-bond acceptors (Lipinski definition) is 4. The van der Waals surface area contributed by atoms with Crippen molar-refractivity contribution in [2.45, 2.75) is 91.9 Å². The monoisotopic (exact) mass is 1050 g/mol. The minimum Gasteiger partial charge on any atom is -0.243 e. The molecule has 0 aliphatic carbocycles.